The fourth-order valence-corrected chi connectivity index (χ4v) is 2.90. The van der Waals surface area contributed by atoms with Gasteiger partial charge in [-0.3, -0.25) is 4.98 Å². The van der Waals surface area contributed by atoms with Crippen LogP contribution in [0.3, 0.4) is 0 Å². The SMILES string of the molecule is B[C@@]1(O)c2c(ccc(Oc3cncc(F)c3)c2C(F)F)C(F)(F)C1(F)F. The van der Waals surface area contributed by atoms with Gasteiger partial charge in [0.05, 0.1) is 18.0 Å². The molecule has 0 saturated heterocycles. The lowest BCUT2D eigenvalue weighted by atomic mass is 9.73. The summed E-state index contributed by atoms with van der Waals surface area (Å²) in [6, 6.07) is 1.88. The van der Waals surface area contributed by atoms with Gasteiger partial charge in [0.25, 0.3) is 6.43 Å². The third-order valence-corrected chi connectivity index (χ3v) is 4.16. The van der Waals surface area contributed by atoms with Gasteiger partial charge in [-0.25, -0.2) is 13.2 Å². The molecule has 0 aliphatic heterocycles. The molecule has 1 aliphatic carbocycles. The second-order valence-electron chi connectivity index (χ2n) is 5.86. The highest BCUT2D eigenvalue weighted by Crippen LogP contribution is 2.61. The fourth-order valence-electron chi connectivity index (χ4n) is 2.90. The van der Waals surface area contributed by atoms with Crippen molar-refractivity contribution < 1.29 is 40.6 Å². The van der Waals surface area contributed by atoms with Gasteiger partial charge in [0.2, 0.25) is 0 Å². The minimum Gasteiger partial charge on any atom is -0.455 e. The van der Waals surface area contributed by atoms with Crippen LogP contribution < -0.4 is 4.74 Å². The van der Waals surface area contributed by atoms with E-state index >= 15 is 0 Å². The number of hydrogen-bond donors (Lipinski definition) is 1. The van der Waals surface area contributed by atoms with Crippen molar-refractivity contribution in [2.75, 3.05) is 0 Å². The average molecular weight is 379 g/mol. The Kier molecular flexibility index (Phi) is 3.98. The Morgan fingerprint density at radius 2 is 1.77 bits per heavy atom. The first-order valence-corrected chi connectivity index (χ1v) is 7.13. The first-order valence-electron chi connectivity index (χ1n) is 7.13. The molecule has 3 rings (SSSR count). The molecule has 3 nitrogen and oxygen atoms in total. The van der Waals surface area contributed by atoms with E-state index in [2.05, 4.69) is 4.98 Å². The summed E-state index contributed by atoms with van der Waals surface area (Å²) < 4.78 is 101. The van der Waals surface area contributed by atoms with E-state index in [-0.39, 0.29) is 5.75 Å². The second kappa shape index (κ2) is 5.60. The number of ether oxygens (including phenoxy) is 1. The summed E-state index contributed by atoms with van der Waals surface area (Å²) in [5.74, 6) is -11.9. The minimum absolute atomic E-state index is 0.326. The molecule has 1 aromatic carbocycles. The van der Waals surface area contributed by atoms with Crippen LogP contribution in [0.2, 0.25) is 0 Å². The van der Waals surface area contributed by atoms with Gasteiger partial charge in [0, 0.05) is 17.2 Å². The monoisotopic (exact) mass is 379 g/mol. The fraction of sp³-hybridized carbons (Fsp3) is 0.267. The Balaban J connectivity index is 2.23. The van der Waals surface area contributed by atoms with Crippen LogP contribution in [0.5, 0.6) is 11.5 Å². The van der Waals surface area contributed by atoms with Crippen LogP contribution in [-0.2, 0) is 11.4 Å². The lowest BCUT2D eigenvalue weighted by Gasteiger charge is -2.30. The van der Waals surface area contributed by atoms with Crippen LogP contribution in [0.1, 0.15) is 23.1 Å². The zero-order valence-electron chi connectivity index (χ0n) is 12.9. The quantitative estimate of drug-likeness (QED) is 0.656. The zero-order valence-corrected chi connectivity index (χ0v) is 12.9. The predicted octanol–water partition coefficient (Wildman–Crippen LogP) is 3.47. The van der Waals surface area contributed by atoms with Crippen molar-refractivity contribution in [3.63, 3.8) is 0 Å². The number of aromatic nitrogens is 1. The van der Waals surface area contributed by atoms with Crippen molar-refractivity contribution in [3.05, 3.63) is 53.1 Å². The van der Waals surface area contributed by atoms with Crippen LogP contribution in [0.25, 0.3) is 0 Å². The Bertz CT molecular complexity index is 873. The zero-order chi connectivity index (χ0) is 19.5. The summed E-state index contributed by atoms with van der Waals surface area (Å²) in [4.78, 5) is 3.43. The number of fused-ring (bicyclic) bond motifs is 1. The predicted molar refractivity (Wildman–Crippen MR) is 76.9 cm³/mol. The van der Waals surface area contributed by atoms with Crippen molar-refractivity contribution in [2.45, 2.75) is 23.8 Å². The molecule has 0 amide bonds. The van der Waals surface area contributed by atoms with E-state index in [0.29, 0.717) is 20.0 Å². The molecule has 2 aromatic rings. The highest BCUT2D eigenvalue weighted by Gasteiger charge is 2.74. The number of rotatable bonds is 3. The number of nitrogens with zero attached hydrogens (tertiary/aromatic N) is 1. The van der Waals surface area contributed by atoms with Gasteiger partial charge in [-0.05, 0) is 12.1 Å². The molecular formula is C15H9BF7NO2. The Labute approximate surface area is 142 Å². The molecule has 1 heterocycles. The lowest BCUT2D eigenvalue weighted by molar-refractivity contribution is -0.260. The molecule has 0 spiro atoms. The molecule has 138 valence electrons. The molecule has 11 heteroatoms. The lowest BCUT2D eigenvalue weighted by Crippen LogP contribution is -2.49. The third-order valence-electron chi connectivity index (χ3n) is 4.16. The maximum absolute atomic E-state index is 14.0. The van der Waals surface area contributed by atoms with Gasteiger partial charge in [-0.1, -0.05) is 0 Å². The Morgan fingerprint density at radius 3 is 2.35 bits per heavy atom. The van der Waals surface area contributed by atoms with Gasteiger partial charge in [0.1, 0.15) is 22.8 Å². The maximum atomic E-state index is 14.0. The normalized spacial score (nSPS) is 23.1. The standard InChI is InChI=1S/C15H9BF7NO2/c16-13(25)11-8(14(20,21)15(13,22)23)1-2-9(10(11)12(18)19)26-7-3-6(17)4-24-5-7/h1-5,12,25H,16H2/t13-/m1/s1. The van der Waals surface area contributed by atoms with Crippen molar-refractivity contribution in [2.24, 2.45) is 0 Å². The van der Waals surface area contributed by atoms with E-state index < -0.39 is 52.0 Å². The molecule has 0 fully saturated rings. The van der Waals surface area contributed by atoms with Gasteiger partial charge in [-0.15, -0.1) is 0 Å². The number of halogens is 7. The highest BCUT2D eigenvalue weighted by atomic mass is 19.3. The van der Waals surface area contributed by atoms with Crippen LogP contribution in [-0.4, -0.2) is 23.9 Å². The minimum atomic E-state index is -5.02. The number of alkyl halides is 6. The molecule has 1 N–H and O–H groups in total. The first-order chi connectivity index (χ1) is 11.9. The molecule has 0 unspecified atom stereocenters. The van der Waals surface area contributed by atoms with E-state index in [0.717, 1.165) is 18.5 Å². The molecular weight excluding hydrogens is 370 g/mol. The van der Waals surface area contributed by atoms with E-state index in [1.807, 2.05) is 0 Å². The van der Waals surface area contributed by atoms with Crippen molar-refractivity contribution in [1.29, 1.82) is 0 Å². The summed E-state index contributed by atoms with van der Waals surface area (Å²) >= 11 is 0. The summed E-state index contributed by atoms with van der Waals surface area (Å²) in [5, 5.41) is 9.98. The molecule has 0 saturated carbocycles. The van der Waals surface area contributed by atoms with E-state index in [4.69, 9.17) is 4.74 Å². The average Bonchev–Trinajstić information content (AvgIpc) is 2.63. The van der Waals surface area contributed by atoms with E-state index in [1.165, 1.54) is 0 Å². The Morgan fingerprint density at radius 1 is 1.12 bits per heavy atom. The van der Waals surface area contributed by atoms with Crippen molar-refractivity contribution in [3.8, 4) is 11.5 Å². The van der Waals surface area contributed by atoms with Crippen molar-refractivity contribution >= 4 is 7.85 Å². The topological polar surface area (TPSA) is 42.4 Å². The number of aliphatic hydroxyl groups is 1. The highest BCUT2D eigenvalue weighted by molar-refractivity contribution is 6.16. The first kappa shape index (κ1) is 18.5. The molecule has 1 atom stereocenters. The summed E-state index contributed by atoms with van der Waals surface area (Å²) in [5.41, 5.74) is -7.64. The van der Waals surface area contributed by atoms with Crippen LogP contribution in [0, 0.1) is 5.82 Å². The summed E-state index contributed by atoms with van der Waals surface area (Å²) in [6.45, 7) is 0. The number of pyridine rings is 1. The second-order valence-corrected chi connectivity index (χ2v) is 5.86. The van der Waals surface area contributed by atoms with Crippen LogP contribution >= 0.6 is 0 Å². The molecule has 0 bridgehead atoms. The van der Waals surface area contributed by atoms with Gasteiger partial charge < -0.3 is 9.84 Å². The van der Waals surface area contributed by atoms with Crippen LogP contribution in [0.15, 0.2) is 30.6 Å². The van der Waals surface area contributed by atoms with Gasteiger partial charge in [0.15, 0.2) is 7.85 Å². The molecule has 26 heavy (non-hydrogen) atoms. The maximum Gasteiger partial charge on any atom is 0.338 e. The molecule has 0 radical (unpaired) electrons. The van der Waals surface area contributed by atoms with Gasteiger partial charge in [-0.2, -0.15) is 17.6 Å². The van der Waals surface area contributed by atoms with Crippen LogP contribution in [0.4, 0.5) is 30.7 Å². The summed E-state index contributed by atoms with van der Waals surface area (Å²) in [7, 11) is 0.326. The Hall–Kier alpha value is -2.30. The van der Waals surface area contributed by atoms with E-state index in [1.54, 1.807) is 0 Å². The number of hydrogen-bond acceptors (Lipinski definition) is 3. The smallest absolute Gasteiger partial charge is 0.338 e. The van der Waals surface area contributed by atoms with Gasteiger partial charge >= 0.3 is 11.8 Å². The van der Waals surface area contributed by atoms with E-state index in [9.17, 15) is 35.8 Å². The molecule has 1 aromatic heterocycles. The molecule has 1 aliphatic rings. The largest absolute Gasteiger partial charge is 0.455 e. The van der Waals surface area contributed by atoms with Crippen molar-refractivity contribution in [1.82, 2.24) is 4.98 Å². The third kappa shape index (κ3) is 2.37. The summed E-state index contributed by atoms with van der Waals surface area (Å²) in [6.07, 6.45) is -1.78. The number of benzene rings is 1.